The summed E-state index contributed by atoms with van der Waals surface area (Å²) in [5.74, 6) is 0.0353. The number of halogens is 1. The van der Waals surface area contributed by atoms with Gasteiger partial charge in [-0.15, -0.1) is 0 Å². The van der Waals surface area contributed by atoms with Gasteiger partial charge in [-0.2, -0.15) is 0 Å². The number of rotatable bonds is 3. The molecular formula is C8H9ClO3S. The summed E-state index contributed by atoms with van der Waals surface area (Å²) in [5.41, 5.74) is 1.30. The van der Waals surface area contributed by atoms with Crippen molar-refractivity contribution >= 4 is 22.7 Å². The second-order valence-electron chi connectivity index (χ2n) is 2.59. The molecule has 1 aromatic rings. The first-order valence-corrected chi connectivity index (χ1v) is 5.24. The highest BCUT2D eigenvalue weighted by atomic mass is 35.5. The topological polar surface area (TPSA) is 57.5 Å². The summed E-state index contributed by atoms with van der Waals surface area (Å²) in [4.78, 5) is 0. The van der Waals surface area contributed by atoms with Gasteiger partial charge in [-0.05, 0) is 23.3 Å². The Morgan fingerprint density at radius 2 is 1.92 bits per heavy atom. The van der Waals surface area contributed by atoms with E-state index in [1.54, 1.807) is 18.2 Å². The van der Waals surface area contributed by atoms with E-state index < -0.39 is 11.1 Å². The van der Waals surface area contributed by atoms with Gasteiger partial charge in [-0.25, -0.2) is 4.21 Å². The quantitative estimate of drug-likeness (QED) is 0.760. The maximum absolute atomic E-state index is 10.5. The maximum Gasteiger partial charge on any atom is 0.157 e. The Morgan fingerprint density at radius 1 is 1.31 bits per heavy atom. The highest BCUT2D eigenvalue weighted by Crippen LogP contribution is 2.16. The second-order valence-corrected chi connectivity index (χ2v) is 3.96. The lowest BCUT2D eigenvalue weighted by molar-refractivity contribution is 0.282. The smallest absolute Gasteiger partial charge is 0.157 e. The lowest BCUT2D eigenvalue weighted by Gasteiger charge is -2.02. The Morgan fingerprint density at radius 3 is 2.46 bits per heavy atom. The molecule has 3 nitrogen and oxygen atoms in total. The molecule has 2 N–H and O–H groups in total. The molecule has 1 atom stereocenters. The Hall–Kier alpha value is -0.420. The van der Waals surface area contributed by atoms with Crippen LogP contribution in [0.5, 0.6) is 0 Å². The molecule has 0 fully saturated rings. The van der Waals surface area contributed by atoms with E-state index in [0.29, 0.717) is 16.1 Å². The Kier molecular flexibility index (Phi) is 3.87. The van der Waals surface area contributed by atoms with Crippen molar-refractivity contribution in [1.29, 1.82) is 0 Å². The van der Waals surface area contributed by atoms with Gasteiger partial charge in [-0.1, -0.05) is 17.7 Å². The molecule has 0 amide bonds. The largest absolute Gasteiger partial charge is 0.392 e. The van der Waals surface area contributed by atoms with Crippen LogP contribution in [0.4, 0.5) is 0 Å². The number of hydrogen-bond donors (Lipinski definition) is 2. The minimum atomic E-state index is -1.88. The molecule has 1 rings (SSSR count). The van der Waals surface area contributed by atoms with Crippen LogP contribution in [-0.2, 0) is 23.4 Å². The molecule has 0 heterocycles. The summed E-state index contributed by atoms with van der Waals surface area (Å²) >= 11 is 3.85. The lowest BCUT2D eigenvalue weighted by Crippen LogP contribution is -1.94. The Balaban J connectivity index is 2.94. The van der Waals surface area contributed by atoms with Gasteiger partial charge in [-0.3, -0.25) is 0 Å². The number of benzene rings is 1. The van der Waals surface area contributed by atoms with Crippen LogP contribution in [0.3, 0.4) is 0 Å². The van der Waals surface area contributed by atoms with Crippen LogP contribution < -0.4 is 0 Å². The zero-order valence-corrected chi connectivity index (χ0v) is 8.31. The van der Waals surface area contributed by atoms with E-state index in [1.807, 2.05) is 0 Å². The molecule has 1 aromatic carbocycles. The fourth-order valence-electron chi connectivity index (χ4n) is 1.03. The van der Waals surface area contributed by atoms with Gasteiger partial charge in [0.05, 0.1) is 12.4 Å². The van der Waals surface area contributed by atoms with Crippen LogP contribution >= 0.6 is 11.6 Å². The molecule has 0 radical (unpaired) electrons. The van der Waals surface area contributed by atoms with Crippen LogP contribution in [0.15, 0.2) is 18.2 Å². The Labute approximate surface area is 83.6 Å². The van der Waals surface area contributed by atoms with Crippen molar-refractivity contribution in [1.82, 2.24) is 0 Å². The summed E-state index contributed by atoms with van der Waals surface area (Å²) in [6.45, 7) is -0.119. The van der Waals surface area contributed by atoms with Crippen LogP contribution in [0, 0.1) is 0 Å². The first-order valence-electron chi connectivity index (χ1n) is 3.58. The van der Waals surface area contributed by atoms with Crippen molar-refractivity contribution in [2.75, 3.05) is 0 Å². The maximum atomic E-state index is 10.5. The molecule has 0 spiro atoms. The molecule has 0 aliphatic carbocycles. The normalized spacial score (nSPS) is 12.8. The molecule has 1 unspecified atom stereocenters. The van der Waals surface area contributed by atoms with E-state index in [4.69, 9.17) is 21.3 Å². The van der Waals surface area contributed by atoms with Gasteiger partial charge in [0.1, 0.15) is 0 Å². The fourth-order valence-corrected chi connectivity index (χ4v) is 1.77. The zero-order valence-electron chi connectivity index (χ0n) is 6.74. The highest BCUT2D eigenvalue weighted by Gasteiger charge is 2.01. The van der Waals surface area contributed by atoms with Crippen molar-refractivity contribution in [3.05, 3.63) is 34.3 Å². The molecule has 5 heteroatoms. The SMILES string of the molecule is O=S(O)Cc1cc(Cl)cc(CO)c1. The minimum Gasteiger partial charge on any atom is -0.392 e. The van der Waals surface area contributed by atoms with Gasteiger partial charge in [0.15, 0.2) is 11.1 Å². The molecule has 0 bridgehead atoms. The van der Waals surface area contributed by atoms with Crippen molar-refractivity contribution < 1.29 is 13.9 Å². The predicted molar refractivity (Wildman–Crippen MR) is 51.9 cm³/mol. The predicted octanol–water partition coefficient (Wildman–Crippen LogP) is 1.55. The second kappa shape index (κ2) is 4.72. The summed E-state index contributed by atoms with van der Waals surface area (Å²) in [6, 6.07) is 4.88. The van der Waals surface area contributed by atoms with E-state index in [0.717, 1.165) is 0 Å². The molecule has 72 valence electrons. The van der Waals surface area contributed by atoms with Gasteiger partial charge >= 0.3 is 0 Å². The lowest BCUT2D eigenvalue weighted by atomic mass is 10.1. The van der Waals surface area contributed by atoms with E-state index >= 15 is 0 Å². The van der Waals surface area contributed by atoms with Crippen molar-refractivity contribution in [2.24, 2.45) is 0 Å². The number of hydrogen-bond acceptors (Lipinski definition) is 2. The monoisotopic (exact) mass is 220 g/mol. The van der Waals surface area contributed by atoms with Gasteiger partial charge in [0.25, 0.3) is 0 Å². The average Bonchev–Trinajstić information content (AvgIpc) is 2.01. The summed E-state index contributed by atoms with van der Waals surface area (Å²) in [5, 5.41) is 9.29. The van der Waals surface area contributed by atoms with Crippen LogP contribution in [0.1, 0.15) is 11.1 Å². The summed E-state index contributed by atoms with van der Waals surface area (Å²) in [6.07, 6.45) is 0. The number of aliphatic hydroxyl groups excluding tert-OH is 1. The molecule has 0 saturated heterocycles. The third-order valence-corrected chi connectivity index (χ3v) is 2.29. The van der Waals surface area contributed by atoms with Crippen LogP contribution in [0.2, 0.25) is 5.02 Å². The summed E-state index contributed by atoms with van der Waals surface area (Å²) < 4.78 is 19.1. The van der Waals surface area contributed by atoms with Gasteiger partial charge in [0, 0.05) is 5.02 Å². The molecule has 0 saturated carbocycles. The highest BCUT2D eigenvalue weighted by molar-refractivity contribution is 7.78. The van der Waals surface area contributed by atoms with Crippen LogP contribution in [-0.4, -0.2) is 13.9 Å². The molecular weight excluding hydrogens is 212 g/mol. The summed E-state index contributed by atoms with van der Waals surface area (Å²) in [7, 11) is 0. The molecule has 0 aliphatic rings. The van der Waals surface area contributed by atoms with E-state index in [9.17, 15) is 4.21 Å². The van der Waals surface area contributed by atoms with Gasteiger partial charge < -0.3 is 9.66 Å². The Bertz CT molecular complexity index is 327. The first-order chi connectivity index (χ1) is 6.11. The van der Waals surface area contributed by atoms with E-state index in [1.165, 1.54) is 0 Å². The van der Waals surface area contributed by atoms with Crippen molar-refractivity contribution in [3.63, 3.8) is 0 Å². The minimum absolute atomic E-state index is 0.0353. The van der Waals surface area contributed by atoms with E-state index in [2.05, 4.69) is 0 Å². The van der Waals surface area contributed by atoms with Crippen molar-refractivity contribution in [2.45, 2.75) is 12.4 Å². The standard InChI is InChI=1S/C8H9ClO3S/c9-8-2-6(4-10)1-7(3-8)5-13(11)12/h1-3,10H,4-5H2,(H,11,12). The molecule has 13 heavy (non-hydrogen) atoms. The molecule has 0 aromatic heterocycles. The third kappa shape index (κ3) is 3.44. The molecule has 0 aliphatic heterocycles. The van der Waals surface area contributed by atoms with Crippen molar-refractivity contribution in [3.8, 4) is 0 Å². The van der Waals surface area contributed by atoms with Crippen LogP contribution in [0.25, 0.3) is 0 Å². The zero-order chi connectivity index (χ0) is 9.84. The number of aliphatic hydroxyl groups is 1. The first kappa shape index (κ1) is 10.7. The average molecular weight is 221 g/mol. The fraction of sp³-hybridized carbons (Fsp3) is 0.250. The van der Waals surface area contributed by atoms with E-state index in [-0.39, 0.29) is 12.4 Å². The van der Waals surface area contributed by atoms with Gasteiger partial charge in [0.2, 0.25) is 0 Å². The third-order valence-electron chi connectivity index (χ3n) is 1.49.